The fourth-order valence-electron chi connectivity index (χ4n) is 4.18. The largest absolute Gasteiger partial charge is 0.487 e. The fraction of sp³-hybridized carbons (Fsp3) is 0.304. The Hall–Kier alpha value is -3.88. The predicted molar refractivity (Wildman–Crippen MR) is 119 cm³/mol. The summed E-state index contributed by atoms with van der Waals surface area (Å²) in [6, 6.07) is 9.65. The standard InChI is InChI=1S/C23H24N6O3/c1-2-19(30)28-9-8-15(11-28)27-22-20-18(10-24-21(20)25-14-26-22)23(31)29-12-17(13-29)32-16-6-4-3-5-7-16/h2-7,10,14-15,17H,1,8-9,11-13H2,(H2,24,25,26,27). The molecule has 2 aliphatic heterocycles. The minimum atomic E-state index is -0.0862. The Bertz CT molecular complexity index is 1160. The maximum absolute atomic E-state index is 13.2. The van der Waals surface area contributed by atoms with Crippen molar-refractivity contribution in [3.63, 3.8) is 0 Å². The molecule has 9 heteroatoms. The van der Waals surface area contributed by atoms with Crippen LogP contribution in [0, 0.1) is 0 Å². The number of carbonyl (C=O) groups excluding carboxylic acids is 2. The van der Waals surface area contributed by atoms with Crippen LogP contribution in [0.1, 0.15) is 16.8 Å². The Labute approximate surface area is 185 Å². The van der Waals surface area contributed by atoms with Crippen LogP contribution in [-0.2, 0) is 4.79 Å². The molecule has 3 aromatic rings. The molecule has 1 unspecified atom stereocenters. The summed E-state index contributed by atoms with van der Waals surface area (Å²) < 4.78 is 5.91. The zero-order valence-corrected chi connectivity index (χ0v) is 17.5. The number of rotatable bonds is 6. The zero-order valence-electron chi connectivity index (χ0n) is 17.5. The number of nitrogens with zero attached hydrogens (tertiary/aromatic N) is 4. The van der Waals surface area contributed by atoms with Crippen molar-refractivity contribution in [2.45, 2.75) is 18.6 Å². The van der Waals surface area contributed by atoms with Gasteiger partial charge in [-0.3, -0.25) is 9.59 Å². The molecular weight excluding hydrogens is 408 g/mol. The number of hydrogen-bond donors (Lipinski definition) is 2. The molecule has 32 heavy (non-hydrogen) atoms. The SMILES string of the molecule is C=CC(=O)N1CCC(Nc2ncnc3[nH]cc(C(=O)N4CC(Oc5ccccc5)C4)c23)C1. The van der Waals surface area contributed by atoms with Gasteiger partial charge < -0.3 is 24.8 Å². The van der Waals surface area contributed by atoms with Gasteiger partial charge in [0.15, 0.2) is 0 Å². The van der Waals surface area contributed by atoms with Crippen LogP contribution in [0.2, 0.25) is 0 Å². The molecule has 0 aliphatic carbocycles. The monoisotopic (exact) mass is 432 g/mol. The number of fused-ring (bicyclic) bond motifs is 1. The van der Waals surface area contributed by atoms with Crippen LogP contribution >= 0.6 is 0 Å². The van der Waals surface area contributed by atoms with E-state index in [1.54, 1.807) is 16.0 Å². The molecule has 2 aliphatic rings. The van der Waals surface area contributed by atoms with Crippen molar-refractivity contribution in [3.05, 3.63) is 61.1 Å². The van der Waals surface area contributed by atoms with Crippen LogP contribution < -0.4 is 10.1 Å². The number of H-pyrrole nitrogens is 1. The van der Waals surface area contributed by atoms with Crippen molar-refractivity contribution in [3.8, 4) is 5.75 Å². The highest BCUT2D eigenvalue weighted by Gasteiger charge is 2.35. The van der Waals surface area contributed by atoms with E-state index in [2.05, 4.69) is 26.8 Å². The van der Waals surface area contributed by atoms with Crippen LogP contribution in [-0.4, -0.2) is 74.9 Å². The van der Waals surface area contributed by atoms with Gasteiger partial charge in [-0.15, -0.1) is 0 Å². The van der Waals surface area contributed by atoms with Crippen molar-refractivity contribution in [1.82, 2.24) is 24.8 Å². The van der Waals surface area contributed by atoms with Crippen molar-refractivity contribution in [2.75, 3.05) is 31.5 Å². The summed E-state index contributed by atoms with van der Waals surface area (Å²) in [5, 5.41) is 4.06. The summed E-state index contributed by atoms with van der Waals surface area (Å²) in [4.78, 5) is 40.3. The lowest BCUT2D eigenvalue weighted by Gasteiger charge is -2.38. The molecule has 1 atom stereocenters. The van der Waals surface area contributed by atoms with Gasteiger partial charge in [-0.2, -0.15) is 0 Å². The number of aromatic nitrogens is 3. The Morgan fingerprint density at radius 1 is 1.16 bits per heavy atom. The second kappa shape index (κ2) is 8.33. The molecular formula is C23H24N6O3. The molecule has 2 saturated heterocycles. The van der Waals surface area contributed by atoms with Gasteiger partial charge in [0.25, 0.3) is 5.91 Å². The molecule has 1 aromatic carbocycles. The zero-order chi connectivity index (χ0) is 22.1. The first-order valence-electron chi connectivity index (χ1n) is 10.6. The van der Waals surface area contributed by atoms with Crippen molar-refractivity contribution in [2.24, 2.45) is 0 Å². The van der Waals surface area contributed by atoms with Crippen molar-refractivity contribution >= 4 is 28.7 Å². The van der Waals surface area contributed by atoms with E-state index in [9.17, 15) is 9.59 Å². The maximum atomic E-state index is 13.2. The first-order chi connectivity index (χ1) is 15.6. The molecule has 2 amide bonds. The molecule has 2 N–H and O–H groups in total. The third kappa shape index (κ3) is 3.77. The minimum absolute atomic E-state index is 0.0210. The third-order valence-corrected chi connectivity index (χ3v) is 5.90. The topological polar surface area (TPSA) is 103 Å². The number of carbonyl (C=O) groups is 2. The molecule has 9 nitrogen and oxygen atoms in total. The number of likely N-dealkylation sites (tertiary alicyclic amines) is 2. The Kier molecular flexibility index (Phi) is 5.22. The van der Waals surface area contributed by atoms with Gasteiger partial charge in [-0.05, 0) is 24.6 Å². The van der Waals surface area contributed by atoms with E-state index in [-0.39, 0.29) is 24.0 Å². The summed E-state index contributed by atoms with van der Waals surface area (Å²) in [6.07, 6.45) is 5.25. The van der Waals surface area contributed by atoms with E-state index in [4.69, 9.17) is 4.74 Å². The lowest BCUT2D eigenvalue weighted by Crippen LogP contribution is -2.56. The molecule has 5 rings (SSSR count). The number of amides is 2. The van der Waals surface area contributed by atoms with Crippen LogP contribution in [0.5, 0.6) is 5.75 Å². The Morgan fingerprint density at radius 3 is 2.75 bits per heavy atom. The second-order valence-electron chi connectivity index (χ2n) is 8.03. The van der Waals surface area contributed by atoms with Gasteiger partial charge in [-0.25, -0.2) is 9.97 Å². The number of benzene rings is 1. The summed E-state index contributed by atoms with van der Waals surface area (Å²) in [5.41, 5.74) is 1.12. The molecule has 0 radical (unpaired) electrons. The molecule has 164 valence electrons. The molecule has 0 bridgehead atoms. The van der Waals surface area contributed by atoms with Gasteiger partial charge >= 0.3 is 0 Å². The lowest BCUT2D eigenvalue weighted by molar-refractivity contribution is -0.125. The van der Waals surface area contributed by atoms with Crippen LogP contribution in [0.15, 0.2) is 55.5 Å². The van der Waals surface area contributed by atoms with E-state index >= 15 is 0 Å². The lowest BCUT2D eigenvalue weighted by atomic mass is 10.1. The number of para-hydroxylation sites is 1. The van der Waals surface area contributed by atoms with Gasteiger partial charge in [-0.1, -0.05) is 24.8 Å². The highest BCUT2D eigenvalue weighted by molar-refractivity contribution is 6.09. The average molecular weight is 432 g/mol. The number of ether oxygens (including phenoxy) is 1. The highest BCUT2D eigenvalue weighted by Crippen LogP contribution is 2.28. The second-order valence-corrected chi connectivity index (χ2v) is 8.03. The molecule has 0 spiro atoms. The summed E-state index contributed by atoms with van der Waals surface area (Å²) in [6.45, 7) is 5.83. The number of aromatic amines is 1. The normalized spacial score (nSPS) is 18.4. The minimum Gasteiger partial charge on any atom is -0.487 e. The van der Waals surface area contributed by atoms with Crippen LogP contribution in [0.4, 0.5) is 5.82 Å². The Morgan fingerprint density at radius 2 is 1.97 bits per heavy atom. The van der Waals surface area contributed by atoms with Crippen LogP contribution in [0.3, 0.4) is 0 Å². The first-order valence-corrected chi connectivity index (χ1v) is 10.6. The van der Waals surface area contributed by atoms with E-state index in [0.717, 1.165) is 12.2 Å². The van der Waals surface area contributed by atoms with Gasteiger partial charge in [0.1, 0.15) is 29.6 Å². The number of nitrogens with one attached hydrogen (secondary N) is 2. The Balaban J connectivity index is 1.29. The predicted octanol–water partition coefficient (Wildman–Crippen LogP) is 2.06. The van der Waals surface area contributed by atoms with Gasteiger partial charge in [0, 0.05) is 25.3 Å². The highest BCUT2D eigenvalue weighted by atomic mass is 16.5. The maximum Gasteiger partial charge on any atom is 0.256 e. The van der Waals surface area contributed by atoms with E-state index < -0.39 is 0 Å². The quantitative estimate of drug-likeness (QED) is 0.578. The fourth-order valence-corrected chi connectivity index (χ4v) is 4.18. The molecule has 2 aromatic heterocycles. The number of hydrogen-bond acceptors (Lipinski definition) is 6. The third-order valence-electron chi connectivity index (χ3n) is 5.90. The van der Waals surface area contributed by atoms with Gasteiger partial charge in [0.05, 0.1) is 24.0 Å². The number of anilines is 1. The van der Waals surface area contributed by atoms with Crippen molar-refractivity contribution < 1.29 is 14.3 Å². The smallest absolute Gasteiger partial charge is 0.256 e. The van der Waals surface area contributed by atoms with Gasteiger partial charge in [0.2, 0.25) is 5.91 Å². The average Bonchev–Trinajstić information content (AvgIpc) is 3.43. The molecule has 4 heterocycles. The molecule has 2 fully saturated rings. The van der Waals surface area contributed by atoms with E-state index in [1.165, 1.54) is 12.4 Å². The summed E-state index contributed by atoms with van der Waals surface area (Å²) in [7, 11) is 0. The van der Waals surface area contributed by atoms with E-state index in [1.807, 2.05) is 30.3 Å². The summed E-state index contributed by atoms with van der Waals surface area (Å²) >= 11 is 0. The molecule has 0 saturated carbocycles. The summed E-state index contributed by atoms with van der Waals surface area (Å²) in [5.74, 6) is 1.23. The first kappa shape index (κ1) is 20.0. The van der Waals surface area contributed by atoms with Crippen LogP contribution in [0.25, 0.3) is 11.0 Å². The van der Waals surface area contributed by atoms with Crippen molar-refractivity contribution in [1.29, 1.82) is 0 Å². The van der Waals surface area contributed by atoms with E-state index in [0.29, 0.717) is 48.6 Å².